The number of ether oxygens (including phenoxy) is 1. The van der Waals surface area contributed by atoms with Crippen LogP contribution in [-0.2, 0) is 4.79 Å². The standard InChI is InChI=1S/C16H22N4O3/c1-9(10(2)17)15(21)18-11(3)16-19-14(20-23-16)12-6-5-7-13(8-12)22-4/h5-11H,17H2,1-4H3,(H,18,21). The third kappa shape index (κ3) is 4.07. The molecule has 0 bridgehead atoms. The largest absolute Gasteiger partial charge is 0.497 e. The van der Waals surface area contributed by atoms with E-state index in [4.69, 9.17) is 15.0 Å². The summed E-state index contributed by atoms with van der Waals surface area (Å²) in [5.41, 5.74) is 6.51. The Labute approximate surface area is 135 Å². The molecule has 3 atom stereocenters. The predicted octanol–water partition coefficient (Wildman–Crippen LogP) is 1.91. The molecule has 3 N–H and O–H groups in total. The number of aromatic nitrogens is 2. The fourth-order valence-corrected chi connectivity index (χ4v) is 1.94. The maximum atomic E-state index is 12.0. The lowest BCUT2D eigenvalue weighted by molar-refractivity contribution is -0.125. The van der Waals surface area contributed by atoms with Crippen LogP contribution in [-0.4, -0.2) is 29.2 Å². The summed E-state index contributed by atoms with van der Waals surface area (Å²) >= 11 is 0. The van der Waals surface area contributed by atoms with Crippen molar-refractivity contribution in [2.24, 2.45) is 11.7 Å². The van der Waals surface area contributed by atoms with E-state index >= 15 is 0 Å². The first kappa shape index (κ1) is 17.0. The molecule has 0 aliphatic heterocycles. The number of amides is 1. The first-order chi connectivity index (χ1) is 10.9. The van der Waals surface area contributed by atoms with Crippen molar-refractivity contribution in [1.29, 1.82) is 0 Å². The van der Waals surface area contributed by atoms with Crippen LogP contribution < -0.4 is 15.8 Å². The van der Waals surface area contributed by atoms with Gasteiger partial charge in [0.15, 0.2) is 0 Å². The average Bonchev–Trinajstić information content (AvgIpc) is 3.04. The Bertz CT molecular complexity index is 669. The van der Waals surface area contributed by atoms with Crippen LogP contribution in [0, 0.1) is 5.92 Å². The van der Waals surface area contributed by atoms with Gasteiger partial charge < -0.3 is 20.3 Å². The van der Waals surface area contributed by atoms with Crippen molar-refractivity contribution in [1.82, 2.24) is 15.5 Å². The molecule has 2 rings (SSSR count). The molecule has 1 amide bonds. The Balaban J connectivity index is 2.10. The smallest absolute Gasteiger partial charge is 0.249 e. The van der Waals surface area contributed by atoms with E-state index in [2.05, 4.69) is 15.5 Å². The van der Waals surface area contributed by atoms with Gasteiger partial charge in [0.05, 0.1) is 7.11 Å². The molecule has 0 aliphatic rings. The summed E-state index contributed by atoms with van der Waals surface area (Å²) in [5.74, 6) is 1.06. The summed E-state index contributed by atoms with van der Waals surface area (Å²) in [6.07, 6.45) is 0. The van der Waals surface area contributed by atoms with Crippen molar-refractivity contribution in [3.63, 3.8) is 0 Å². The highest BCUT2D eigenvalue weighted by Crippen LogP contribution is 2.22. The Kier molecular flexibility index (Phi) is 5.33. The minimum atomic E-state index is -0.393. The van der Waals surface area contributed by atoms with Gasteiger partial charge >= 0.3 is 0 Å². The minimum Gasteiger partial charge on any atom is -0.497 e. The van der Waals surface area contributed by atoms with Gasteiger partial charge in [-0.2, -0.15) is 4.98 Å². The van der Waals surface area contributed by atoms with E-state index in [0.717, 1.165) is 5.56 Å². The number of nitrogens with two attached hydrogens (primary N) is 1. The molecule has 2 aromatic rings. The highest BCUT2D eigenvalue weighted by Gasteiger charge is 2.22. The Morgan fingerprint density at radius 3 is 2.74 bits per heavy atom. The van der Waals surface area contributed by atoms with Crippen LogP contribution in [0.15, 0.2) is 28.8 Å². The van der Waals surface area contributed by atoms with E-state index in [0.29, 0.717) is 17.5 Å². The second-order valence-corrected chi connectivity index (χ2v) is 5.57. The number of rotatable bonds is 6. The summed E-state index contributed by atoms with van der Waals surface area (Å²) in [4.78, 5) is 16.4. The molecule has 0 aliphatic carbocycles. The molecule has 7 nitrogen and oxygen atoms in total. The van der Waals surface area contributed by atoms with Gasteiger partial charge in [-0.15, -0.1) is 0 Å². The van der Waals surface area contributed by atoms with Crippen molar-refractivity contribution in [3.05, 3.63) is 30.2 Å². The molecule has 0 radical (unpaired) electrons. The first-order valence-electron chi connectivity index (χ1n) is 7.46. The van der Waals surface area contributed by atoms with Crippen LogP contribution in [0.1, 0.15) is 32.7 Å². The van der Waals surface area contributed by atoms with E-state index in [1.165, 1.54) is 0 Å². The molecule has 7 heteroatoms. The molecule has 1 aromatic heterocycles. The molecule has 0 saturated heterocycles. The maximum Gasteiger partial charge on any atom is 0.249 e. The number of hydrogen-bond acceptors (Lipinski definition) is 6. The van der Waals surface area contributed by atoms with Gasteiger partial charge in [-0.1, -0.05) is 24.2 Å². The first-order valence-corrected chi connectivity index (χ1v) is 7.46. The highest BCUT2D eigenvalue weighted by molar-refractivity contribution is 5.79. The van der Waals surface area contributed by atoms with Crippen molar-refractivity contribution >= 4 is 5.91 Å². The van der Waals surface area contributed by atoms with Crippen molar-refractivity contribution in [2.45, 2.75) is 32.9 Å². The minimum absolute atomic E-state index is 0.145. The van der Waals surface area contributed by atoms with Crippen molar-refractivity contribution in [3.8, 4) is 17.1 Å². The van der Waals surface area contributed by atoms with Crippen LogP contribution in [0.2, 0.25) is 0 Å². The van der Waals surface area contributed by atoms with Crippen LogP contribution in [0.3, 0.4) is 0 Å². The quantitative estimate of drug-likeness (QED) is 0.843. The summed E-state index contributed by atoms with van der Waals surface area (Å²) in [6.45, 7) is 5.36. The van der Waals surface area contributed by atoms with Gasteiger partial charge in [0.1, 0.15) is 11.8 Å². The number of carbonyl (C=O) groups excluding carboxylic acids is 1. The van der Waals surface area contributed by atoms with Gasteiger partial charge in [0, 0.05) is 17.5 Å². The second-order valence-electron chi connectivity index (χ2n) is 5.57. The third-order valence-corrected chi connectivity index (χ3v) is 3.70. The van der Waals surface area contributed by atoms with Gasteiger partial charge in [0.25, 0.3) is 0 Å². The van der Waals surface area contributed by atoms with E-state index in [-0.39, 0.29) is 17.9 Å². The second kappa shape index (κ2) is 7.23. The van der Waals surface area contributed by atoms with Crippen molar-refractivity contribution < 1.29 is 14.1 Å². The van der Waals surface area contributed by atoms with E-state index in [9.17, 15) is 4.79 Å². The van der Waals surface area contributed by atoms with Gasteiger partial charge in [-0.3, -0.25) is 4.79 Å². The van der Waals surface area contributed by atoms with Crippen LogP contribution in [0.25, 0.3) is 11.4 Å². The maximum absolute atomic E-state index is 12.0. The summed E-state index contributed by atoms with van der Waals surface area (Å²) in [5, 5.41) is 6.78. The Morgan fingerprint density at radius 2 is 2.09 bits per heavy atom. The molecule has 124 valence electrons. The fraction of sp³-hybridized carbons (Fsp3) is 0.438. The lowest BCUT2D eigenvalue weighted by Gasteiger charge is -2.17. The van der Waals surface area contributed by atoms with E-state index in [1.807, 2.05) is 24.3 Å². The number of carbonyl (C=O) groups is 1. The SMILES string of the molecule is COc1cccc(-c2noc(C(C)NC(=O)C(C)C(C)N)n2)c1. The lowest BCUT2D eigenvalue weighted by atomic mass is 10.0. The lowest BCUT2D eigenvalue weighted by Crippen LogP contribution is -2.39. The molecule has 1 heterocycles. The van der Waals surface area contributed by atoms with Crippen LogP contribution in [0.4, 0.5) is 0 Å². The van der Waals surface area contributed by atoms with E-state index < -0.39 is 6.04 Å². The number of nitrogens with zero attached hydrogens (tertiary/aromatic N) is 2. The number of nitrogens with one attached hydrogen (secondary N) is 1. The monoisotopic (exact) mass is 318 g/mol. The molecule has 0 saturated carbocycles. The molecular weight excluding hydrogens is 296 g/mol. The molecule has 0 spiro atoms. The zero-order valence-electron chi connectivity index (χ0n) is 13.7. The molecule has 3 unspecified atom stereocenters. The summed E-state index contributed by atoms with van der Waals surface area (Å²) in [6, 6.07) is 6.74. The Morgan fingerprint density at radius 1 is 1.35 bits per heavy atom. The number of methoxy groups -OCH3 is 1. The molecule has 0 fully saturated rings. The van der Waals surface area contributed by atoms with Gasteiger partial charge in [-0.05, 0) is 26.0 Å². The van der Waals surface area contributed by atoms with E-state index in [1.54, 1.807) is 27.9 Å². The summed E-state index contributed by atoms with van der Waals surface area (Å²) < 4.78 is 10.4. The van der Waals surface area contributed by atoms with Crippen LogP contribution >= 0.6 is 0 Å². The average molecular weight is 318 g/mol. The predicted molar refractivity (Wildman–Crippen MR) is 85.7 cm³/mol. The van der Waals surface area contributed by atoms with Crippen molar-refractivity contribution in [2.75, 3.05) is 7.11 Å². The Hall–Kier alpha value is -2.41. The van der Waals surface area contributed by atoms with Gasteiger partial charge in [-0.25, -0.2) is 0 Å². The fourth-order valence-electron chi connectivity index (χ4n) is 1.94. The topological polar surface area (TPSA) is 103 Å². The normalized spacial score (nSPS) is 14.8. The summed E-state index contributed by atoms with van der Waals surface area (Å²) in [7, 11) is 1.60. The zero-order valence-corrected chi connectivity index (χ0v) is 13.7. The third-order valence-electron chi connectivity index (χ3n) is 3.70. The molecule has 23 heavy (non-hydrogen) atoms. The molecular formula is C16H22N4O3. The zero-order chi connectivity index (χ0) is 17.0. The van der Waals surface area contributed by atoms with Gasteiger partial charge in [0.2, 0.25) is 17.6 Å². The number of hydrogen-bond donors (Lipinski definition) is 2. The number of benzene rings is 1. The highest BCUT2D eigenvalue weighted by atomic mass is 16.5. The van der Waals surface area contributed by atoms with Crippen LogP contribution in [0.5, 0.6) is 5.75 Å². The molecule has 1 aromatic carbocycles.